The molecule has 0 radical (unpaired) electrons. The Labute approximate surface area is 137 Å². The number of hydrogen-bond acceptors (Lipinski definition) is 3. The van der Waals surface area contributed by atoms with Gasteiger partial charge in [0, 0.05) is 11.4 Å². The average Bonchev–Trinajstić information content (AvgIpc) is 2.47. The molecular formula is C17H17F3N2O2. The molecule has 0 unspecified atom stereocenters. The number of amides is 1. The monoisotopic (exact) mass is 338 g/mol. The number of carbonyl (C=O) groups is 1. The van der Waals surface area contributed by atoms with Crippen molar-refractivity contribution in [2.24, 2.45) is 0 Å². The molecule has 0 saturated heterocycles. The van der Waals surface area contributed by atoms with Crippen molar-refractivity contribution < 1.29 is 22.7 Å². The maximum Gasteiger partial charge on any atom is 0.573 e. The number of rotatable bonds is 5. The third-order valence-corrected chi connectivity index (χ3v) is 3.28. The summed E-state index contributed by atoms with van der Waals surface area (Å²) in [7, 11) is 0. The number of anilines is 2. The van der Waals surface area contributed by atoms with Crippen LogP contribution < -0.4 is 15.4 Å². The second kappa shape index (κ2) is 7.25. The van der Waals surface area contributed by atoms with E-state index in [9.17, 15) is 18.0 Å². The zero-order valence-electron chi connectivity index (χ0n) is 13.2. The fourth-order valence-corrected chi connectivity index (χ4v) is 2.21. The van der Waals surface area contributed by atoms with Gasteiger partial charge in [-0.2, -0.15) is 0 Å². The lowest BCUT2D eigenvalue weighted by Crippen LogP contribution is -2.22. The van der Waals surface area contributed by atoms with Crippen molar-refractivity contribution in [3.63, 3.8) is 0 Å². The third-order valence-electron chi connectivity index (χ3n) is 3.28. The predicted octanol–water partition coefficient (Wildman–Crippen LogP) is 4.25. The molecule has 24 heavy (non-hydrogen) atoms. The number of alkyl halides is 3. The summed E-state index contributed by atoms with van der Waals surface area (Å²) in [4.78, 5) is 11.9. The smallest absolute Gasteiger partial charge is 0.406 e. The van der Waals surface area contributed by atoms with Gasteiger partial charge in [0.2, 0.25) is 5.91 Å². The molecule has 0 aromatic heterocycles. The van der Waals surface area contributed by atoms with Crippen LogP contribution in [0, 0.1) is 13.8 Å². The van der Waals surface area contributed by atoms with Gasteiger partial charge in [0.15, 0.2) is 0 Å². The molecule has 0 aliphatic rings. The number of hydrogen-bond donors (Lipinski definition) is 2. The van der Waals surface area contributed by atoms with Crippen molar-refractivity contribution in [3.8, 4) is 5.75 Å². The van der Waals surface area contributed by atoms with Crippen LogP contribution in [0.5, 0.6) is 5.75 Å². The highest BCUT2D eigenvalue weighted by molar-refractivity contribution is 5.94. The molecule has 0 spiro atoms. The summed E-state index contributed by atoms with van der Waals surface area (Å²) < 4.78 is 40.0. The lowest BCUT2D eigenvalue weighted by atomic mass is 10.1. The lowest BCUT2D eigenvalue weighted by molar-refractivity contribution is -0.274. The molecular weight excluding hydrogens is 321 g/mol. The normalized spacial score (nSPS) is 11.0. The highest BCUT2D eigenvalue weighted by Crippen LogP contribution is 2.24. The van der Waals surface area contributed by atoms with Gasteiger partial charge >= 0.3 is 6.36 Å². The molecule has 2 aromatic rings. The molecule has 7 heteroatoms. The Kier molecular flexibility index (Phi) is 5.33. The highest BCUT2D eigenvalue weighted by atomic mass is 19.4. The maximum atomic E-state index is 12.1. The number of halogens is 3. The Morgan fingerprint density at radius 2 is 1.62 bits per heavy atom. The van der Waals surface area contributed by atoms with E-state index in [1.165, 1.54) is 12.1 Å². The number of carbonyl (C=O) groups excluding carboxylic acids is 1. The van der Waals surface area contributed by atoms with Gasteiger partial charge in [0.25, 0.3) is 0 Å². The van der Waals surface area contributed by atoms with Crippen LogP contribution in [0.2, 0.25) is 0 Å². The number of nitrogens with one attached hydrogen (secondary N) is 2. The first-order valence-electron chi connectivity index (χ1n) is 7.20. The van der Waals surface area contributed by atoms with E-state index < -0.39 is 6.36 Å². The zero-order chi connectivity index (χ0) is 17.7. The van der Waals surface area contributed by atoms with Crippen molar-refractivity contribution in [1.82, 2.24) is 0 Å². The Morgan fingerprint density at radius 1 is 1.04 bits per heavy atom. The number of benzene rings is 2. The van der Waals surface area contributed by atoms with Gasteiger partial charge in [-0.15, -0.1) is 13.2 Å². The molecule has 0 heterocycles. The number of para-hydroxylation sites is 1. The first-order valence-corrected chi connectivity index (χ1v) is 7.20. The van der Waals surface area contributed by atoms with E-state index in [0.717, 1.165) is 28.9 Å². The van der Waals surface area contributed by atoms with Crippen LogP contribution in [-0.4, -0.2) is 18.8 Å². The molecule has 1 amide bonds. The van der Waals surface area contributed by atoms with Crippen LogP contribution in [0.15, 0.2) is 42.5 Å². The van der Waals surface area contributed by atoms with Crippen molar-refractivity contribution in [1.29, 1.82) is 0 Å². The molecule has 0 atom stereocenters. The molecule has 4 nitrogen and oxygen atoms in total. The van der Waals surface area contributed by atoms with Gasteiger partial charge in [-0.3, -0.25) is 4.79 Å². The van der Waals surface area contributed by atoms with Gasteiger partial charge < -0.3 is 15.4 Å². The fourth-order valence-electron chi connectivity index (χ4n) is 2.21. The molecule has 2 rings (SSSR count). The summed E-state index contributed by atoms with van der Waals surface area (Å²) in [6, 6.07) is 10.8. The predicted molar refractivity (Wildman–Crippen MR) is 86.2 cm³/mol. The van der Waals surface area contributed by atoms with E-state index in [1.807, 2.05) is 32.0 Å². The van der Waals surface area contributed by atoms with Crippen LogP contribution in [0.3, 0.4) is 0 Å². The minimum atomic E-state index is -4.74. The molecule has 128 valence electrons. The Bertz CT molecular complexity index is 693. The second-order valence-corrected chi connectivity index (χ2v) is 5.24. The van der Waals surface area contributed by atoms with E-state index in [-0.39, 0.29) is 18.2 Å². The quantitative estimate of drug-likeness (QED) is 0.857. The number of ether oxygens (including phenoxy) is 1. The Balaban J connectivity index is 1.91. The van der Waals surface area contributed by atoms with Crippen molar-refractivity contribution >= 4 is 17.3 Å². The number of aryl methyl sites for hydroxylation is 2. The van der Waals surface area contributed by atoms with E-state index in [1.54, 1.807) is 0 Å². The summed E-state index contributed by atoms with van der Waals surface area (Å²) in [6.45, 7) is 3.92. The van der Waals surface area contributed by atoms with Crippen molar-refractivity contribution in [2.75, 3.05) is 17.2 Å². The van der Waals surface area contributed by atoms with E-state index in [4.69, 9.17) is 0 Å². The zero-order valence-corrected chi connectivity index (χ0v) is 13.2. The van der Waals surface area contributed by atoms with Gasteiger partial charge in [-0.1, -0.05) is 18.2 Å². The molecule has 0 aliphatic heterocycles. The molecule has 2 aromatic carbocycles. The lowest BCUT2D eigenvalue weighted by Gasteiger charge is -2.13. The second-order valence-electron chi connectivity index (χ2n) is 5.24. The van der Waals surface area contributed by atoms with Crippen LogP contribution in [0.25, 0.3) is 0 Å². The van der Waals surface area contributed by atoms with Crippen LogP contribution in [0.1, 0.15) is 11.1 Å². The summed E-state index contributed by atoms with van der Waals surface area (Å²) in [5.74, 6) is -0.642. The SMILES string of the molecule is Cc1cccc(C)c1NCC(=O)Nc1ccc(OC(F)(F)F)cc1. The van der Waals surface area contributed by atoms with Crippen LogP contribution in [-0.2, 0) is 4.79 Å². The summed E-state index contributed by atoms with van der Waals surface area (Å²) >= 11 is 0. The molecule has 2 N–H and O–H groups in total. The summed E-state index contributed by atoms with van der Waals surface area (Å²) in [5.41, 5.74) is 3.33. The van der Waals surface area contributed by atoms with Gasteiger partial charge in [0.05, 0.1) is 6.54 Å². The largest absolute Gasteiger partial charge is 0.573 e. The van der Waals surface area contributed by atoms with Gasteiger partial charge in [-0.05, 0) is 49.2 Å². The van der Waals surface area contributed by atoms with E-state index in [0.29, 0.717) is 5.69 Å². The first kappa shape index (κ1) is 17.7. The van der Waals surface area contributed by atoms with Gasteiger partial charge in [0.1, 0.15) is 5.75 Å². The standard InChI is InChI=1S/C17H17F3N2O2/c1-11-4-3-5-12(2)16(11)21-10-15(23)22-13-6-8-14(9-7-13)24-17(18,19)20/h3-9,21H,10H2,1-2H3,(H,22,23). The Hall–Kier alpha value is -2.70. The maximum absolute atomic E-state index is 12.1. The fraction of sp³-hybridized carbons (Fsp3) is 0.235. The van der Waals surface area contributed by atoms with Crippen molar-refractivity contribution in [2.45, 2.75) is 20.2 Å². The average molecular weight is 338 g/mol. The minimum absolute atomic E-state index is 0.0481. The minimum Gasteiger partial charge on any atom is -0.406 e. The molecule has 0 fully saturated rings. The van der Waals surface area contributed by atoms with Crippen LogP contribution >= 0.6 is 0 Å². The van der Waals surface area contributed by atoms with Crippen molar-refractivity contribution in [3.05, 3.63) is 53.6 Å². The van der Waals surface area contributed by atoms with Gasteiger partial charge in [-0.25, -0.2) is 0 Å². The summed E-state index contributed by atoms with van der Waals surface area (Å²) in [6.07, 6.45) is -4.74. The molecule has 0 saturated carbocycles. The van der Waals surface area contributed by atoms with Crippen LogP contribution in [0.4, 0.5) is 24.5 Å². The third kappa shape index (κ3) is 5.19. The van der Waals surface area contributed by atoms with E-state index in [2.05, 4.69) is 15.4 Å². The molecule has 0 bridgehead atoms. The summed E-state index contributed by atoms with van der Waals surface area (Å²) in [5, 5.41) is 5.66. The molecule has 0 aliphatic carbocycles. The first-order chi connectivity index (χ1) is 11.2. The van der Waals surface area contributed by atoms with E-state index >= 15 is 0 Å². The Morgan fingerprint density at radius 3 is 2.17 bits per heavy atom. The highest BCUT2D eigenvalue weighted by Gasteiger charge is 2.30. The topological polar surface area (TPSA) is 50.4 Å².